The van der Waals surface area contributed by atoms with E-state index in [0.29, 0.717) is 18.2 Å². The molecule has 22 heavy (non-hydrogen) atoms. The molecule has 1 aromatic rings. The van der Waals surface area contributed by atoms with Crippen molar-refractivity contribution in [2.24, 2.45) is 0 Å². The Morgan fingerprint density at radius 3 is 1.86 bits per heavy atom. The molecular weight excluding hydrogens is 331 g/mol. The van der Waals surface area contributed by atoms with Crippen LogP contribution >= 0.6 is 0 Å². The van der Waals surface area contributed by atoms with Gasteiger partial charge >= 0.3 is 24.1 Å². The first kappa shape index (κ1) is 16.5. The zero-order valence-electron chi connectivity index (χ0n) is 10.1. The van der Waals surface area contributed by atoms with Gasteiger partial charge in [-0.2, -0.15) is 39.5 Å². The third kappa shape index (κ3) is 2.50. The number of alkyl halides is 9. The van der Waals surface area contributed by atoms with Crippen LogP contribution in [0.4, 0.5) is 39.5 Å². The van der Waals surface area contributed by atoms with Gasteiger partial charge in [-0.25, -0.2) is 0 Å². The molecule has 0 spiro atoms. The summed E-state index contributed by atoms with van der Waals surface area (Å²) in [6.45, 7) is 0. The Hall–Kier alpha value is -1.87. The number of ether oxygens (including phenoxy) is 1. The molecule has 0 amide bonds. The van der Waals surface area contributed by atoms with Gasteiger partial charge in [0.05, 0.1) is 5.56 Å². The van der Waals surface area contributed by atoms with Crippen molar-refractivity contribution in [1.29, 1.82) is 0 Å². The molecule has 0 N–H and O–H groups in total. The van der Waals surface area contributed by atoms with E-state index in [0.717, 1.165) is 0 Å². The van der Waals surface area contributed by atoms with Crippen LogP contribution in [0.5, 0.6) is 5.75 Å². The second-order valence-electron chi connectivity index (χ2n) is 4.33. The number of fused-ring (bicyclic) bond motifs is 1. The highest BCUT2D eigenvalue weighted by Gasteiger charge is 2.73. The van der Waals surface area contributed by atoms with Gasteiger partial charge in [0.25, 0.3) is 0 Å². The van der Waals surface area contributed by atoms with Gasteiger partial charge in [-0.15, -0.1) is 0 Å². The smallest absolute Gasteiger partial charge is 0.441 e. The van der Waals surface area contributed by atoms with Gasteiger partial charge in [-0.3, -0.25) is 0 Å². The lowest BCUT2D eigenvalue weighted by atomic mass is 9.96. The van der Waals surface area contributed by atoms with Crippen LogP contribution in [0.3, 0.4) is 0 Å². The summed E-state index contributed by atoms with van der Waals surface area (Å²) < 4.78 is 118. The molecule has 121 valence electrons. The standard InChI is InChI=1S/C12H4F9O/c13-10(14,15)7-1-2-8-6(5-7)3-4-9(22-8,11(16,17)18)12(19,20)21/h1-2,4-5H. The highest BCUT2D eigenvalue weighted by atomic mass is 19.4. The zero-order valence-corrected chi connectivity index (χ0v) is 10.1. The van der Waals surface area contributed by atoms with Gasteiger partial charge < -0.3 is 4.74 Å². The molecule has 1 nitrogen and oxygen atoms in total. The Balaban J connectivity index is 2.54. The predicted molar refractivity (Wildman–Crippen MR) is 53.8 cm³/mol. The zero-order chi connectivity index (χ0) is 17.0. The molecule has 1 aliphatic rings. The second-order valence-corrected chi connectivity index (χ2v) is 4.33. The molecule has 0 atom stereocenters. The second kappa shape index (κ2) is 4.56. The number of hydrogen-bond acceptors (Lipinski definition) is 1. The molecular formula is C12H4F9O. The molecule has 0 fully saturated rings. The van der Waals surface area contributed by atoms with Crippen LogP contribution in [0.2, 0.25) is 0 Å². The van der Waals surface area contributed by atoms with Crippen LogP contribution in [0, 0.1) is 6.08 Å². The first-order chi connectivity index (χ1) is 9.78. The fraction of sp³-hybridized carbons (Fsp3) is 0.333. The SMILES string of the molecule is FC(F)(F)c1ccc2c(c1)[C]=CC(C(F)(F)F)(C(F)(F)F)O2. The van der Waals surface area contributed by atoms with Crippen molar-refractivity contribution in [3.63, 3.8) is 0 Å². The van der Waals surface area contributed by atoms with Crippen molar-refractivity contribution >= 4 is 0 Å². The summed E-state index contributed by atoms with van der Waals surface area (Å²) in [6, 6.07) is 1.07. The summed E-state index contributed by atoms with van der Waals surface area (Å²) >= 11 is 0. The quantitative estimate of drug-likeness (QED) is 0.626. The number of rotatable bonds is 0. The van der Waals surface area contributed by atoms with Crippen molar-refractivity contribution in [3.05, 3.63) is 41.5 Å². The molecule has 0 saturated carbocycles. The van der Waals surface area contributed by atoms with Crippen molar-refractivity contribution < 1.29 is 44.3 Å². The lowest BCUT2D eigenvalue weighted by Gasteiger charge is -2.37. The van der Waals surface area contributed by atoms with Gasteiger partial charge in [-0.05, 0) is 30.4 Å². The van der Waals surface area contributed by atoms with Crippen LogP contribution in [-0.4, -0.2) is 18.0 Å². The van der Waals surface area contributed by atoms with Crippen LogP contribution in [0.15, 0.2) is 24.3 Å². The maximum atomic E-state index is 12.8. The normalized spacial score (nSPS) is 17.9. The molecule has 0 aromatic heterocycles. The van der Waals surface area contributed by atoms with Gasteiger partial charge in [0.1, 0.15) is 5.75 Å². The largest absolute Gasteiger partial charge is 0.464 e. The highest BCUT2D eigenvalue weighted by Crippen LogP contribution is 2.50. The first-order valence-electron chi connectivity index (χ1n) is 5.42. The van der Waals surface area contributed by atoms with E-state index < -0.39 is 47.1 Å². The number of hydrogen-bond donors (Lipinski definition) is 0. The van der Waals surface area contributed by atoms with Gasteiger partial charge in [0, 0.05) is 5.56 Å². The van der Waals surface area contributed by atoms with Gasteiger partial charge in [-0.1, -0.05) is 0 Å². The summed E-state index contributed by atoms with van der Waals surface area (Å²) in [5, 5.41) is 0. The van der Waals surface area contributed by atoms with Crippen LogP contribution in [0.1, 0.15) is 11.1 Å². The maximum absolute atomic E-state index is 12.8. The first-order valence-corrected chi connectivity index (χ1v) is 5.42. The number of halogens is 9. The van der Waals surface area contributed by atoms with Crippen LogP contribution in [-0.2, 0) is 6.18 Å². The maximum Gasteiger partial charge on any atom is 0.441 e. The average Bonchev–Trinajstić information content (AvgIpc) is 2.33. The minimum atomic E-state index is -5.86. The fourth-order valence-corrected chi connectivity index (χ4v) is 1.73. The lowest BCUT2D eigenvalue weighted by Crippen LogP contribution is -2.60. The summed E-state index contributed by atoms with van der Waals surface area (Å²) in [6.07, 6.45) is -15.4. The minimum Gasteiger partial charge on any atom is -0.464 e. The van der Waals surface area contributed by atoms with E-state index in [4.69, 9.17) is 0 Å². The Morgan fingerprint density at radius 1 is 0.864 bits per heavy atom. The molecule has 10 heteroatoms. The van der Waals surface area contributed by atoms with Crippen molar-refractivity contribution in [2.45, 2.75) is 24.1 Å². The number of benzene rings is 1. The van der Waals surface area contributed by atoms with Crippen LogP contribution < -0.4 is 4.74 Å². The van der Waals surface area contributed by atoms with E-state index in [2.05, 4.69) is 4.74 Å². The van der Waals surface area contributed by atoms with E-state index in [1.54, 1.807) is 6.08 Å². The van der Waals surface area contributed by atoms with Crippen molar-refractivity contribution in [3.8, 4) is 5.75 Å². The van der Waals surface area contributed by atoms with Crippen molar-refractivity contribution in [2.75, 3.05) is 0 Å². The van der Waals surface area contributed by atoms with Crippen LogP contribution in [0.25, 0.3) is 0 Å². The van der Waals surface area contributed by atoms with E-state index in [9.17, 15) is 39.5 Å². The lowest BCUT2D eigenvalue weighted by molar-refractivity contribution is -0.338. The van der Waals surface area contributed by atoms with E-state index in [1.165, 1.54) is 0 Å². The Morgan fingerprint density at radius 2 is 1.41 bits per heavy atom. The molecule has 0 saturated heterocycles. The van der Waals surface area contributed by atoms with E-state index >= 15 is 0 Å². The molecule has 0 bridgehead atoms. The minimum absolute atomic E-state index is 0.323. The topological polar surface area (TPSA) is 9.23 Å². The summed E-state index contributed by atoms with van der Waals surface area (Å²) in [7, 11) is 0. The summed E-state index contributed by atoms with van der Waals surface area (Å²) in [5.74, 6) is -0.995. The third-order valence-electron chi connectivity index (χ3n) is 2.85. The Bertz CT molecular complexity index is 592. The van der Waals surface area contributed by atoms with E-state index in [1.807, 2.05) is 0 Å². The molecule has 1 radical (unpaired) electrons. The average molecular weight is 335 g/mol. The van der Waals surface area contributed by atoms with Gasteiger partial charge in [0.15, 0.2) is 0 Å². The summed E-state index contributed by atoms with van der Waals surface area (Å²) in [5.41, 5.74) is -6.55. The summed E-state index contributed by atoms with van der Waals surface area (Å²) in [4.78, 5) is 0. The molecule has 2 rings (SSSR count). The Labute approximate surface area is 117 Å². The predicted octanol–water partition coefficient (Wildman–Crippen LogP) is 4.67. The molecule has 0 aliphatic carbocycles. The third-order valence-corrected chi connectivity index (χ3v) is 2.85. The molecule has 1 heterocycles. The van der Waals surface area contributed by atoms with E-state index in [-0.39, 0.29) is 0 Å². The fourth-order valence-electron chi connectivity index (χ4n) is 1.73. The van der Waals surface area contributed by atoms with Crippen molar-refractivity contribution in [1.82, 2.24) is 0 Å². The molecule has 0 unspecified atom stereocenters. The highest BCUT2D eigenvalue weighted by molar-refractivity contribution is 5.46. The van der Waals surface area contributed by atoms with Gasteiger partial charge in [0.2, 0.25) is 0 Å². The Kier molecular flexibility index (Phi) is 3.42. The monoisotopic (exact) mass is 335 g/mol. The molecule has 1 aromatic carbocycles. The molecule has 1 aliphatic heterocycles.